The summed E-state index contributed by atoms with van der Waals surface area (Å²) in [6, 6.07) is 0. The molecule has 0 atom stereocenters. The molecule has 0 aromatic heterocycles. The minimum Gasteiger partial charge on any atom is -0.299 e. The van der Waals surface area contributed by atoms with Crippen molar-refractivity contribution >= 4 is 0 Å². The van der Waals surface area contributed by atoms with E-state index in [0.717, 1.165) is 19.5 Å². The van der Waals surface area contributed by atoms with Gasteiger partial charge in [-0.25, -0.2) is 0 Å². The fraction of sp³-hybridized carbons (Fsp3) is 0.778. The van der Waals surface area contributed by atoms with E-state index in [2.05, 4.69) is 0 Å². The minimum absolute atomic E-state index is 0.482. The number of likely N-dealkylation sites (N-methyl/N-ethyl adjacent to an activating group) is 1. The molecule has 4 heteroatoms. The number of hydrogen-bond donors (Lipinski definition) is 0. The van der Waals surface area contributed by atoms with Crippen LogP contribution in [0.3, 0.4) is 0 Å². The van der Waals surface area contributed by atoms with Crippen LogP contribution in [0.4, 0.5) is 13.2 Å². The largest absolute Gasteiger partial charge is 0.392 e. The van der Waals surface area contributed by atoms with Crippen LogP contribution in [-0.2, 0) is 0 Å². The van der Waals surface area contributed by atoms with Gasteiger partial charge in [-0.15, -0.1) is 0 Å². The molecule has 0 N–H and O–H groups in total. The summed E-state index contributed by atoms with van der Waals surface area (Å²) < 4.78 is 36.0. The molecule has 13 heavy (non-hydrogen) atoms. The van der Waals surface area contributed by atoms with E-state index in [1.54, 1.807) is 6.08 Å². The molecular weight excluding hydrogens is 179 g/mol. The lowest BCUT2D eigenvalue weighted by molar-refractivity contribution is -0.127. The molecule has 0 fully saturated rings. The summed E-state index contributed by atoms with van der Waals surface area (Å²) in [4.78, 5) is 2.03. The molecular formula is C9H14F3N. The predicted molar refractivity (Wildman–Crippen MR) is 45.5 cm³/mol. The minimum atomic E-state index is -4.05. The van der Waals surface area contributed by atoms with Crippen molar-refractivity contribution in [3.63, 3.8) is 0 Å². The molecule has 1 rings (SSSR count). The molecule has 0 radical (unpaired) electrons. The van der Waals surface area contributed by atoms with Crippen LogP contribution in [-0.4, -0.2) is 30.7 Å². The Morgan fingerprint density at radius 3 is 2.69 bits per heavy atom. The molecule has 1 heterocycles. The lowest BCUT2D eigenvalue weighted by atomic mass is 10.1. The lowest BCUT2D eigenvalue weighted by Crippen LogP contribution is -2.31. The zero-order valence-electron chi connectivity index (χ0n) is 7.69. The van der Waals surface area contributed by atoms with Crippen molar-refractivity contribution in [3.05, 3.63) is 11.6 Å². The second kappa shape index (κ2) is 4.13. The van der Waals surface area contributed by atoms with E-state index in [1.807, 2.05) is 11.8 Å². The summed E-state index contributed by atoms with van der Waals surface area (Å²) in [7, 11) is 0. The van der Waals surface area contributed by atoms with E-state index in [9.17, 15) is 13.2 Å². The van der Waals surface area contributed by atoms with Gasteiger partial charge in [0.15, 0.2) is 0 Å². The van der Waals surface area contributed by atoms with Crippen molar-refractivity contribution in [2.75, 3.05) is 19.6 Å². The topological polar surface area (TPSA) is 3.24 Å². The van der Waals surface area contributed by atoms with Crippen LogP contribution < -0.4 is 0 Å². The average Bonchev–Trinajstić information content (AvgIpc) is 2.01. The van der Waals surface area contributed by atoms with E-state index < -0.39 is 12.6 Å². The van der Waals surface area contributed by atoms with Gasteiger partial charge in [-0.05, 0) is 13.0 Å². The first-order valence-corrected chi connectivity index (χ1v) is 4.48. The predicted octanol–water partition coefficient (Wildman–Crippen LogP) is 2.59. The molecule has 1 aliphatic heterocycles. The van der Waals surface area contributed by atoms with Gasteiger partial charge >= 0.3 is 6.18 Å². The Labute approximate surface area is 76.2 Å². The summed E-state index contributed by atoms with van der Waals surface area (Å²) >= 11 is 0. The van der Waals surface area contributed by atoms with Gasteiger partial charge in [0, 0.05) is 13.1 Å². The number of alkyl halides is 3. The molecule has 0 spiro atoms. The van der Waals surface area contributed by atoms with Crippen LogP contribution in [0.25, 0.3) is 0 Å². The highest BCUT2D eigenvalue weighted by Crippen LogP contribution is 2.26. The van der Waals surface area contributed by atoms with Crippen LogP contribution in [0.1, 0.15) is 19.8 Å². The standard InChI is InChI=1S/C9H14F3N/c1-2-13-5-3-4-8(7-13)6-9(10,11)12/h4H,2-3,5-7H2,1H3. The molecule has 0 aromatic rings. The first-order chi connectivity index (χ1) is 6.01. The maximum Gasteiger partial charge on any atom is 0.392 e. The summed E-state index contributed by atoms with van der Waals surface area (Å²) in [6.07, 6.45) is -2.33. The number of rotatable bonds is 2. The van der Waals surface area contributed by atoms with E-state index in [1.165, 1.54) is 0 Å². The molecule has 1 aliphatic rings. The Bertz CT molecular complexity index is 196. The highest BCUT2D eigenvalue weighted by atomic mass is 19.4. The molecule has 0 saturated heterocycles. The zero-order valence-corrected chi connectivity index (χ0v) is 7.69. The Morgan fingerprint density at radius 1 is 1.46 bits per heavy atom. The molecule has 0 saturated carbocycles. The van der Waals surface area contributed by atoms with E-state index in [0.29, 0.717) is 12.1 Å². The third-order valence-electron chi connectivity index (χ3n) is 2.18. The Balaban J connectivity index is 2.47. The van der Waals surface area contributed by atoms with Crippen LogP contribution in [0.15, 0.2) is 11.6 Å². The summed E-state index contributed by atoms with van der Waals surface area (Å²) in [5, 5.41) is 0. The van der Waals surface area contributed by atoms with Crippen molar-refractivity contribution in [2.45, 2.75) is 25.9 Å². The van der Waals surface area contributed by atoms with Crippen molar-refractivity contribution in [2.24, 2.45) is 0 Å². The van der Waals surface area contributed by atoms with Gasteiger partial charge in [-0.2, -0.15) is 13.2 Å². The maximum absolute atomic E-state index is 12.0. The van der Waals surface area contributed by atoms with Gasteiger partial charge in [-0.3, -0.25) is 4.90 Å². The average molecular weight is 193 g/mol. The highest BCUT2D eigenvalue weighted by molar-refractivity contribution is 5.09. The van der Waals surface area contributed by atoms with Crippen LogP contribution in [0, 0.1) is 0 Å². The normalized spacial score (nSPS) is 20.2. The third-order valence-corrected chi connectivity index (χ3v) is 2.18. The van der Waals surface area contributed by atoms with E-state index >= 15 is 0 Å². The second-order valence-corrected chi connectivity index (χ2v) is 3.31. The zero-order chi connectivity index (χ0) is 9.90. The first-order valence-electron chi connectivity index (χ1n) is 4.48. The van der Waals surface area contributed by atoms with Crippen LogP contribution in [0.5, 0.6) is 0 Å². The molecule has 1 nitrogen and oxygen atoms in total. The summed E-state index contributed by atoms with van der Waals surface area (Å²) in [6.45, 7) is 4.17. The third kappa shape index (κ3) is 3.81. The van der Waals surface area contributed by atoms with Crippen molar-refractivity contribution in [1.29, 1.82) is 0 Å². The summed E-state index contributed by atoms with van der Waals surface area (Å²) in [5.74, 6) is 0. The number of nitrogens with zero attached hydrogens (tertiary/aromatic N) is 1. The smallest absolute Gasteiger partial charge is 0.299 e. The van der Waals surface area contributed by atoms with Gasteiger partial charge in [0.2, 0.25) is 0 Å². The van der Waals surface area contributed by atoms with Gasteiger partial charge < -0.3 is 0 Å². The molecule has 76 valence electrons. The molecule has 0 bridgehead atoms. The van der Waals surface area contributed by atoms with Crippen molar-refractivity contribution in [1.82, 2.24) is 4.90 Å². The quantitative estimate of drug-likeness (QED) is 0.609. The monoisotopic (exact) mass is 193 g/mol. The molecule has 0 aliphatic carbocycles. The number of hydrogen-bond acceptors (Lipinski definition) is 1. The van der Waals surface area contributed by atoms with Gasteiger partial charge in [0.1, 0.15) is 0 Å². The van der Waals surface area contributed by atoms with Crippen LogP contribution >= 0.6 is 0 Å². The van der Waals surface area contributed by atoms with Gasteiger partial charge in [0.05, 0.1) is 6.42 Å². The van der Waals surface area contributed by atoms with E-state index in [-0.39, 0.29) is 0 Å². The Hall–Kier alpha value is -0.510. The van der Waals surface area contributed by atoms with Gasteiger partial charge in [0.25, 0.3) is 0 Å². The number of halogens is 3. The van der Waals surface area contributed by atoms with Crippen molar-refractivity contribution in [3.8, 4) is 0 Å². The second-order valence-electron chi connectivity index (χ2n) is 3.31. The summed E-state index contributed by atoms with van der Waals surface area (Å²) in [5.41, 5.74) is 0.514. The Morgan fingerprint density at radius 2 is 2.15 bits per heavy atom. The maximum atomic E-state index is 12.0. The first kappa shape index (κ1) is 10.6. The van der Waals surface area contributed by atoms with Crippen LogP contribution in [0.2, 0.25) is 0 Å². The molecule has 0 amide bonds. The molecule has 0 aromatic carbocycles. The lowest BCUT2D eigenvalue weighted by Gasteiger charge is -2.26. The van der Waals surface area contributed by atoms with E-state index in [4.69, 9.17) is 0 Å². The molecule has 0 unspecified atom stereocenters. The van der Waals surface area contributed by atoms with Crippen molar-refractivity contribution < 1.29 is 13.2 Å². The van der Waals surface area contributed by atoms with Gasteiger partial charge in [-0.1, -0.05) is 18.6 Å². The Kier molecular flexibility index (Phi) is 3.36. The SMILES string of the molecule is CCN1CCC=C(CC(F)(F)F)C1. The fourth-order valence-corrected chi connectivity index (χ4v) is 1.54. The highest BCUT2D eigenvalue weighted by Gasteiger charge is 2.29. The fourth-order valence-electron chi connectivity index (χ4n) is 1.54.